The number of hydrogen-bond acceptors (Lipinski definition) is 4. The first kappa shape index (κ1) is 13.3. The molecule has 3 atom stereocenters. The molecule has 2 aliphatic heterocycles. The number of carbonyl (C=O) groups excluding carboxylic acids is 1. The van der Waals surface area contributed by atoms with Crippen LogP contribution in [0.25, 0.3) is 0 Å². The van der Waals surface area contributed by atoms with Crippen molar-refractivity contribution in [1.82, 2.24) is 14.7 Å². The van der Waals surface area contributed by atoms with Crippen LogP contribution in [0.1, 0.15) is 38.8 Å². The molecule has 110 valence electrons. The fourth-order valence-corrected chi connectivity index (χ4v) is 3.26. The van der Waals surface area contributed by atoms with Gasteiger partial charge in [-0.2, -0.15) is 5.10 Å². The maximum absolute atomic E-state index is 12.2. The maximum Gasteiger partial charge on any atom is 0.410 e. The molecule has 0 aromatic carbocycles. The summed E-state index contributed by atoms with van der Waals surface area (Å²) in [7, 11) is 1.84. The highest BCUT2D eigenvalue weighted by Gasteiger charge is 2.56. The van der Waals surface area contributed by atoms with Crippen molar-refractivity contribution in [2.24, 2.45) is 13.0 Å². The van der Waals surface area contributed by atoms with Crippen molar-refractivity contribution in [3.63, 3.8) is 0 Å². The van der Waals surface area contributed by atoms with Crippen molar-refractivity contribution >= 4 is 11.9 Å². The highest BCUT2D eigenvalue weighted by atomic mass is 16.6. The molecule has 6 nitrogen and oxygen atoms in total. The van der Waals surface area contributed by atoms with Crippen molar-refractivity contribution in [3.8, 4) is 0 Å². The van der Waals surface area contributed by atoms with Crippen LogP contribution in [-0.4, -0.2) is 39.0 Å². The number of nitrogen functional groups attached to an aromatic ring is 1. The normalized spacial score (nSPS) is 28.4. The Balaban J connectivity index is 1.73. The number of carbonyl (C=O) groups is 1. The third kappa shape index (κ3) is 2.03. The fraction of sp³-hybridized carbons (Fsp3) is 0.714. The predicted molar refractivity (Wildman–Crippen MR) is 75.2 cm³/mol. The Morgan fingerprint density at radius 3 is 2.75 bits per heavy atom. The largest absolute Gasteiger partial charge is 0.444 e. The number of aryl methyl sites for hydroxylation is 1. The summed E-state index contributed by atoms with van der Waals surface area (Å²) in [5.74, 6) is 1.46. The highest BCUT2D eigenvalue weighted by Crippen LogP contribution is 2.52. The molecule has 2 N–H and O–H groups in total. The van der Waals surface area contributed by atoms with E-state index in [1.54, 1.807) is 4.68 Å². The van der Waals surface area contributed by atoms with E-state index in [1.165, 1.54) is 0 Å². The second-order valence-corrected chi connectivity index (χ2v) is 6.84. The van der Waals surface area contributed by atoms with Gasteiger partial charge in [0.2, 0.25) is 0 Å². The van der Waals surface area contributed by atoms with Crippen molar-refractivity contribution in [2.75, 3.05) is 12.3 Å². The maximum atomic E-state index is 12.2. The van der Waals surface area contributed by atoms with Gasteiger partial charge in [0, 0.05) is 31.6 Å². The van der Waals surface area contributed by atoms with Crippen LogP contribution in [0.4, 0.5) is 10.6 Å². The molecule has 1 aliphatic carbocycles. The third-order valence-corrected chi connectivity index (χ3v) is 4.20. The minimum absolute atomic E-state index is 0.212. The Morgan fingerprint density at radius 1 is 1.50 bits per heavy atom. The van der Waals surface area contributed by atoms with Gasteiger partial charge in [0.25, 0.3) is 0 Å². The average Bonchev–Trinajstić information content (AvgIpc) is 2.90. The Morgan fingerprint density at radius 2 is 2.20 bits per heavy atom. The minimum atomic E-state index is -0.449. The smallest absolute Gasteiger partial charge is 0.410 e. The molecule has 1 aromatic heterocycles. The van der Waals surface area contributed by atoms with E-state index in [0.29, 0.717) is 17.7 Å². The molecule has 1 unspecified atom stereocenters. The van der Waals surface area contributed by atoms with Crippen molar-refractivity contribution < 1.29 is 9.53 Å². The first-order valence-electron chi connectivity index (χ1n) is 7.05. The zero-order chi connectivity index (χ0) is 14.7. The monoisotopic (exact) mass is 278 g/mol. The Kier molecular flexibility index (Phi) is 2.74. The van der Waals surface area contributed by atoms with E-state index >= 15 is 0 Å². The summed E-state index contributed by atoms with van der Waals surface area (Å²) in [6.07, 6.45) is 0.830. The van der Waals surface area contributed by atoms with E-state index < -0.39 is 5.60 Å². The van der Waals surface area contributed by atoms with Crippen LogP contribution >= 0.6 is 0 Å². The van der Waals surface area contributed by atoms with Crippen LogP contribution in [-0.2, 0) is 11.8 Å². The molecule has 3 heterocycles. The molecule has 3 fully saturated rings. The Labute approximate surface area is 118 Å². The van der Waals surface area contributed by atoms with Gasteiger partial charge in [-0.3, -0.25) is 4.68 Å². The molecule has 4 rings (SSSR count). The number of aromatic nitrogens is 2. The van der Waals surface area contributed by atoms with E-state index in [2.05, 4.69) is 5.10 Å². The van der Waals surface area contributed by atoms with Crippen molar-refractivity contribution in [3.05, 3.63) is 11.8 Å². The van der Waals surface area contributed by atoms with Gasteiger partial charge in [-0.25, -0.2) is 4.79 Å². The van der Waals surface area contributed by atoms with Gasteiger partial charge in [-0.05, 0) is 33.1 Å². The molecule has 6 heteroatoms. The predicted octanol–water partition coefficient (Wildman–Crippen LogP) is 1.73. The number of nitrogens with zero attached hydrogens (tertiary/aromatic N) is 3. The van der Waals surface area contributed by atoms with E-state index in [4.69, 9.17) is 10.5 Å². The number of nitrogens with two attached hydrogens (primary N) is 1. The molecular formula is C14H22N4O2. The summed E-state index contributed by atoms with van der Waals surface area (Å²) in [6, 6.07) is 2.13. The Bertz CT molecular complexity index is 526. The molecular weight excluding hydrogens is 256 g/mol. The topological polar surface area (TPSA) is 73.4 Å². The third-order valence-electron chi connectivity index (χ3n) is 4.20. The SMILES string of the molecule is Cn1nc(C2[C@H]3C[C@@H]2N(C(=O)OC(C)(C)C)C3)cc1N. The van der Waals surface area contributed by atoms with Gasteiger partial charge in [-0.15, -0.1) is 0 Å². The van der Waals surface area contributed by atoms with E-state index in [-0.39, 0.29) is 12.1 Å². The van der Waals surface area contributed by atoms with Crippen LogP contribution < -0.4 is 5.73 Å². The fourth-order valence-electron chi connectivity index (χ4n) is 3.26. The summed E-state index contributed by atoms with van der Waals surface area (Å²) in [4.78, 5) is 14.1. The quantitative estimate of drug-likeness (QED) is 0.849. The lowest BCUT2D eigenvalue weighted by Crippen LogP contribution is -2.42. The standard InChI is InChI=1S/C14H22N4O2/c1-14(2,3)20-13(19)18-7-8-5-10(18)12(8)9-6-11(15)17(4)16-9/h6,8,10,12H,5,7,15H2,1-4H3/t8-,10-,12?/m0/s1. The Hall–Kier alpha value is -1.72. The van der Waals surface area contributed by atoms with E-state index in [1.807, 2.05) is 38.8 Å². The number of anilines is 1. The molecule has 2 bridgehead atoms. The second-order valence-electron chi connectivity index (χ2n) is 6.84. The zero-order valence-electron chi connectivity index (χ0n) is 12.5. The van der Waals surface area contributed by atoms with Crippen LogP contribution in [0, 0.1) is 5.92 Å². The number of ether oxygens (including phenoxy) is 1. The van der Waals surface area contributed by atoms with E-state index in [9.17, 15) is 4.79 Å². The van der Waals surface area contributed by atoms with Crippen molar-refractivity contribution in [2.45, 2.75) is 44.8 Å². The molecule has 0 radical (unpaired) electrons. The van der Waals surface area contributed by atoms with Gasteiger partial charge in [0.1, 0.15) is 11.4 Å². The van der Waals surface area contributed by atoms with Gasteiger partial charge in [0.15, 0.2) is 0 Å². The summed E-state index contributed by atoms with van der Waals surface area (Å²) in [5.41, 5.74) is 6.39. The zero-order valence-corrected chi connectivity index (χ0v) is 12.5. The van der Waals surface area contributed by atoms with Gasteiger partial charge < -0.3 is 15.4 Å². The molecule has 2 saturated heterocycles. The first-order valence-corrected chi connectivity index (χ1v) is 7.05. The lowest BCUT2D eigenvalue weighted by molar-refractivity contribution is 0.0232. The van der Waals surface area contributed by atoms with Gasteiger partial charge in [0.05, 0.1) is 5.69 Å². The summed E-state index contributed by atoms with van der Waals surface area (Å²) in [6.45, 7) is 6.44. The van der Waals surface area contributed by atoms with Crippen molar-refractivity contribution in [1.29, 1.82) is 0 Å². The second kappa shape index (κ2) is 4.14. The lowest BCUT2D eigenvalue weighted by Gasteiger charge is -2.35. The van der Waals surface area contributed by atoms with Gasteiger partial charge >= 0.3 is 6.09 Å². The molecule has 3 aliphatic rings. The average molecular weight is 278 g/mol. The number of fused-ring (bicyclic) bond motifs is 1. The van der Waals surface area contributed by atoms with E-state index in [0.717, 1.165) is 18.7 Å². The van der Waals surface area contributed by atoms with Crippen LogP contribution in [0.5, 0.6) is 0 Å². The summed E-state index contributed by atoms with van der Waals surface area (Å²) < 4.78 is 7.15. The molecule has 20 heavy (non-hydrogen) atoms. The molecule has 1 saturated carbocycles. The number of hydrogen-bond donors (Lipinski definition) is 1. The minimum Gasteiger partial charge on any atom is -0.444 e. The number of rotatable bonds is 1. The molecule has 1 amide bonds. The molecule has 1 aromatic rings. The van der Waals surface area contributed by atoms with Crippen LogP contribution in [0.2, 0.25) is 0 Å². The first-order chi connectivity index (χ1) is 9.26. The van der Waals surface area contributed by atoms with Gasteiger partial charge in [-0.1, -0.05) is 0 Å². The van der Waals surface area contributed by atoms with Crippen LogP contribution in [0.3, 0.4) is 0 Å². The summed E-state index contributed by atoms with van der Waals surface area (Å²) >= 11 is 0. The highest BCUT2D eigenvalue weighted by molar-refractivity contribution is 5.70. The number of amides is 1. The lowest BCUT2D eigenvalue weighted by atomic mass is 9.72. The summed E-state index contributed by atoms with van der Waals surface area (Å²) in [5, 5.41) is 4.45. The van der Waals surface area contributed by atoms with Crippen LogP contribution in [0.15, 0.2) is 6.07 Å². The molecule has 0 spiro atoms.